The molecule has 0 spiro atoms. The van der Waals surface area contributed by atoms with Gasteiger partial charge in [-0.05, 0) is 30.7 Å². The van der Waals surface area contributed by atoms with E-state index < -0.39 is 0 Å². The molecule has 0 aliphatic rings. The standard InChI is InChI=1S/C13H10F/c1-10-7-8-13(14)12(9-10)11-5-3-2-4-6-11/h2-5,7-9H,1H3. The zero-order valence-corrected chi connectivity index (χ0v) is 7.92. The summed E-state index contributed by atoms with van der Waals surface area (Å²) in [6.07, 6.45) is 0. The van der Waals surface area contributed by atoms with Crippen LogP contribution in [0.1, 0.15) is 5.56 Å². The van der Waals surface area contributed by atoms with Crippen LogP contribution in [0.25, 0.3) is 11.1 Å². The third-order valence-corrected chi connectivity index (χ3v) is 2.12. The highest BCUT2D eigenvalue weighted by Gasteiger charge is 2.03. The molecule has 0 amide bonds. The predicted molar refractivity (Wildman–Crippen MR) is 55.4 cm³/mol. The molecule has 69 valence electrons. The summed E-state index contributed by atoms with van der Waals surface area (Å²) >= 11 is 0. The van der Waals surface area contributed by atoms with Gasteiger partial charge < -0.3 is 0 Å². The summed E-state index contributed by atoms with van der Waals surface area (Å²) in [7, 11) is 0. The molecule has 0 aliphatic heterocycles. The molecule has 0 saturated carbocycles. The molecule has 0 heterocycles. The van der Waals surface area contributed by atoms with Gasteiger partial charge in [0.2, 0.25) is 0 Å². The number of halogens is 1. The molecule has 2 rings (SSSR count). The van der Waals surface area contributed by atoms with Crippen LogP contribution in [0.15, 0.2) is 42.5 Å². The normalized spacial score (nSPS) is 10.1. The molecule has 0 saturated heterocycles. The van der Waals surface area contributed by atoms with Crippen molar-refractivity contribution in [1.29, 1.82) is 0 Å². The van der Waals surface area contributed by atoms with E-state index in [1.807, 2.05) is 31.2 Å². The van der Waals surface area contributed by atoms with Crippen LogP contribution in [0.2, 0.25) is 0 Å². The number of hydrogen-bond acceptors (Lipinski definition) is 0. The lowest BCUT2D eigenvalue weighted by Gasteiger charge is -2.03. The molecule has 0 aliphatic carbocycles. The van der Waals surface area contributed by atoms with Gasteiger partial charge in [0.15, 0.2) is 0 Å². The van der Waals surface area contributed by atoms with Crippen molar-refractivity contribution in [1.82, 2.24) is 0 Å². The van der Waals surface area contributed by atoms with Crippen molar-refractivity contribution < 1.29 is 4.39 Å². The summed E-state index contributed by atoms with van der Waals surface area (Å²) in [5.41, 5.74) is 2.47. The van der Waals surface area contributed by atoms with Crippen LogP contribution in [-0.2, 0) is 0 Å². The second-order valence-corrected chi connectivity index (χ2v) is 3.26. The smallest absolute Gasteiger partial charge is 0.131 e. The van der Waals surface area contributed by atoms with E-state index in [0.29, 0.717) is 5.56 Å². The van der Waals surface area contributed by atoms with E-state index in [2.05, 4.69) is 6.07 Å². The molecule has 14 heavy (non-hydrogen) atoms. The zero-order valence-electron chi connectivity index (χ0n) is 7.92. The summed E-state index contributed by atoms with van der Waals surface area (Å²) in [6, 6.07) is 15.5. The quantitative estimate of drug-likeness (QED) is 0.636. The first-order chi connectivity index (χ1) is 6.77. The molecule has 0 atom stereocenters. The van der Waals surface area contributed by atoms with Crippen molar-refractivity contribution in [2.75, 3.05) is 0 Å². The van der Waals surface area contributed by atoms with E-state index in [1.54, 1.807) is 12.1 Å². The van der Waals surface area contributed by atoms with Gasteiger partial charge in [0.25, 0.3) is 0 Å². The zero-order chi connectivity index (χ0) is 9.97. The first-order valence-electron chi connectivity index (χ1n) is 4.50. The number of hydrogen-bond donors (Lipinski definition) is 0. The van der Waals surface area contributed by atoms with E-state index in [9.17, 15) is 4.39 Å². The lowest BCUT2D eigenvalue weighted by atomic mass is 10.0. The Morgan fingerprint density at radius 3 is 2.71 bits per heavy atom. The second-order valence-electron chi connectivity index (χ2n) is 3.26. The van der Waals surface area contributed by atoms with E-state index in [0.717, 1.165) is 11.1 Å². The molecule has 0 nitrogen and oxygen atoms in total. The van der Waals surface area contributed by atoms with Crippen LogP contribution >= 0.6 is 0 Å². The fourth-order valence-electron chi connectivity index (χ4n) is 1.41. The van der Waals surface area contributed by atoms with Crippen molar-refractivity contribution in [3.8, 4) is 11.1 Å². The van der Waals surface area contributed by atoms with Gasteiger partial charge in [0, 0.05) is 5.56 Å². The van der Waals surface area contributed by atoms with Gasteiger partial charge in [0.05, 0.1) is 0 Å². The average molecular weight is 185 g/mol. The molecule has 0 unspecified atom stereocenters. The van der Waals surface area contributed by atoms with Crippen molar-refractivity contribution in [2.45, 2.75) is 6.92 Å². The molecule has 1 heteroatoms. The third-order valence-electron chi connectivity index (χ3n) is 2.12. The predicted octanol–water partition coefficient (Wildman–Crippen LogP) is 3.60. The second kappa shape index (κ2) is 3.62. The molecule has 2 aromatic carbocycles. The lowest BCUT2D eigenvalue weighted by Crippen LogP contribution is -1.85. The Bertz CT molecular complexity index is 432. The van der Waals surface area contributed by atoms with Crippen LogP contribution in [0.5, 0.6) is 0 Å². The summed E-state index contributed by atoms with van der Waals surface area (Å²) in [5, 5.41) is 0. The Balaban J connectivity index is 2.57. The number of benzene rings is 2. The highest BCUT2D eigenvalue weighted by atomic mass is 19.1. The third kappa shape index (κ3) is 1.67. The van der Waals surface area contributed by atoms with Gasteiger partial charge in [-0.3, -0.25) is 0 Å². The molecule has 0 fully saturated rings. The first-order valence-corrected chi connectivity index (χ1v) is 4.50. The summed E-state index contributed by atoms with van der Waals surface area (Å²) in [6.45, 7) is 1.95. The minimum absolute atomic E-state index is 0.196. The molecule has 1 radical (unpaired) electrons. The van der Waals surface area contributed by atoms with Crippen LogP contribution in [0.4, 0.5) is 4.39 Å². The minimum atomic E-state index is -0.196. The van der Waals surface area contributed by atoms with Gasteiger partial charge in [-0.25, -0.2) is 4.39 Å². The van der Waals surface area contributed by atoms with Gasteiger partial charge in [-0.2, -0.15) is 0 Å². The molecular weight excluding hydrogens is 175 g/mol. The van der Waals surface area contributed by atoms with E-state index in [1.165, 1.54) is 6.07 Å². The maximum Gasteiger partial charge on any atom is 0.131 e. The van der Waals surface area contributed by atoms with Crippen LogP contribution in [-0.4, -0.2) is 0 Å². The first kappa shape index (κ1) is 8.95. The van der Waals surface area contributed by atoms with Gasteiger partial charge in [-0.15, -0.1) is 0 Å². The SMILES string of the molecule is Cc1ccc(F)c(-c2[c]cccc2)c1. The fourth-order valence-corrected chi connectivity index (χ4v) is 1.41. The van der Waals surface area contributed by atoms with Gasteiger partial charge >= 0.3 is 0 Å². The van der Waals surface area contributed by atoms with Gasteiger partial charge in [-0.1, -0.05) is 35.9 Å². The summed E-state index contributed by atoms with van der Waals surface area (Å²) in [5.74, 6) is -0.196. The summed E-state index contributed by atoms with van der Waals surface area (Å²) in [4.78, 5) is 0. The minimum Gasteiger partial charge on any atom is -0.206 e. The van der Waals surface area contributed by atoms with Crippen molar-refractivity contribution in [3.63, 3.8) is 0 Å². The Labute approximate surface area is 83.0 Å². The molecule has 0 bridgehead atoms. The van der Waals surface area contributed by atoms with Crippen LogP contribution in [0.3, 0.4) is 0 Å². The fraction of sp³-hybridized carbons (Fsp3) is 0.0769. The topological polar surface area (TPSA) is 0 Å². The van der Waals surface area contributed by atoms with E-state index in [-0.39, 0.29) is 5.82 Å². The monoisotopic (exact) mass is 185 g/mol. The Hall–Kier alpha value is -1.63. The average Bonchev–Trinajstić information content (AvgIpc) is 2.23. The van der Waals surface area contributed by atoms with Crippen molar-refractivity contribution >= 4 is 0 Å². The van der Waals surface area contributed by atoms with Gasteiger partial charge in [0.1, 0.15) is 5.82 Å². The molecule has 0 aromatic heterocycles. The van der Waals surface area contributed by atoms with Crippen molar-refractivity contribution in [3.05, 3.63) is 59.9 Å². The molecule has 2 aromatic rings. The molecule has 0 N–H and O–H groups in total. The van der Waals surface area contributed by atoms with E-state index in [4.69, 9.17) is 0 Å². The highest BCUT2D eigenvalue weighted by Crippen LogP contribution is 2.22. The lowest BCUT2D eigenvalue weighted by molar-refractivity contribution is 0.631. The Morgan fingerprint density at radius 2 is 2.00 bits per heavy atom. The number of aryl methyl sites for hydroxylation is 1. The Kier molecular flexibility index (Phi) is 2.32. The molecular formula is C13H10F. The van der Waals surface area contributed by atoms with E-state index >= 15 is 0 Å². The van der Waals surface area contributed by atoms with Crippen LogP contribution < -0.4 is 0 Å². The maximum atomic E-state index is 13.4. The maximum absolute atomic E-state index is 13.4. The summed E-state index contributed by atoms with van der Waals surface area (Å²) < 4.78 is 13.4. The highest BCUT2D eigenvalue weighted by molar-refractivity contribution is 5.64. The number of rotatable bonds is 1. The largest absolute Gasteiger partial charge is 0.206 e. The van der Waals surface area contributed by atoms with Crippen LogP contribution in [0, 0.1) is 18.8 Å². The Morgan fingerprint density at radius 1 is 1.14 bits per heavy atom. The van der Waals surface area contributed by atoms with Crippen molar-refractivity contribution in [2.24, 2.45) is 0 Å².